The first kappa shape index (κ1) is 8.10. The molecule has 1 saturated heterocycles. The van der Waals surface area contributed by atoms with Crippen LogP contribution >= 0.6 is 0 Å². The fourth-order valence-corrected chi connectivity index (χ4v) is 2.70. The molecule has 0 radical (unpaired) electrons. The quantitative estimate of drug-likeness (QED) is 0.600. The van der Waals surface area contributed by atoms with Crippen molar-refractivity contribution < 1.29 is 0 Å². The highest BCUT2D eigenvalue weighted by Gasteiger charge is 2.36. The molecule has 0 saturated carbocycles. The molecule has 0 bridgehead atoms. The molecule has 14 heavy (non-hydrogen) atoms. The van der Waals surface area contributed by atoms with Crippen LogP contribution in [0, 0.1) is 0 Å². The van der Waals surface area contributed by atoms with E-state index in [1.165, 1.54) is 30.6 Å². The van der Waals surface area contributed by atoms with Crippen molar-refractivity contribution in [3.05, 3.63) is 35.9 Å². The third-order valence-electron chi connectivity index (χ3n) is 3.53. The molecule has 2 heterocycles. The van der Waals surface area contributed by atoms with Gasteiger partial charge in [0.25, 0.3) is 0 Å². The summed E-state index contributed by atoms with van der Waals surface area (Å²) in [6, 6.07) is 8.69. The van der Waals surface area contributed by atoms with Crippen molar-refractivity contribution in [1.29, 1.82) is 0 Å². The average Bonchev–Trinajstić information content (AvgIpc) is 2.60. The topological polar surface area (TPSA) is 3.24 Å². The van der Waals surface area contributed by atoms with E-state index in [0.717, 1.165) is 0 Å². The lowest BCUT2D eigenvalue weighted by molar-refractivity contribution is 0.580. The standard InChI is InChI=1S/C13H15N/c1-13-8-4-10-14(13)12-6-3-2-5-11(12)7-9-13/h2-3,5-7,9H,4,8,10H2,1H3. The van der Waals surface area contributed by atoms with Crippen molar-refractivity contribution in [3.63, 3.8) is 0 Å². The van der Waals surface area contributed by atoms with Crippen LogP contribution in [0.3, 0.4) is 0 Å². The first-order valence-electron chi connectivity index (χ1n) is 5.36. The summed E-state index contributed by atoms with van der Waals surface area (Å²) >= 11 is 0. The summed E-state index contributed by atoms with van der Waals surface area (Å²) in [5, 5.41) is 0. The van der Waals surface area contributed by atoms with Gasteiger partial charge in [0.15, 0.2) is 0 Å². The Bertz CT molecular complexity index is 394. The van der Waals surface area contributed by atoms with E-state index in [1.54, 1.807) is 0 Å². The summed E-state index contributed by atoms with van der Waals surface area (Å²) in [6.07, 6.45) is 7.24. The number of nitrogens with zero attached hydrogens (tertiary/aromatic N) is 1. The Hall–Kier alpha value is -1.24. The normalized spacial score (nSPS) is 28.8. The number of fused-ring (bicyclic) bond motifs is 3. The van der Waals surface area contributed by atoms with Gasteiger partial charge in [-0.05, 0) is 31.4 Å². The molecule has 0 amide bonds. The lowest BCUT2D eigenvalue weighted by Gasteiger charge is -2.38. The van der Waals surface area contributed by atoms with Gasteiger partial charge in [0.1, 0.15) is 0 Å². The van der Waals surface area contributed by atoms with Crippen LogP contribution in [0.5, 0.6) is 0 Å². The van der Waals surface area contributed by atoms with E-state index in [9.17, 15) is 0 Å². The summed E-state index contributed by atoms with van der Waals surface area (Å²) in [7, 11) is 0. The lowest BCUT2D eigenvalue weighted by atomic mass is 9.92. The molecule has 2 aliphatic rings. The third kappa shape index (κ3) is 0.955. The van der Waals surface area contributed by atoms with E-state index < -0.39 is 0 Å². The van der Waals surface area contributed by atoms with Crippen molar-refractivity contribution in [2.45, 2.75) is 25.3 Å². The van der Waals surface area contributed by atoms with E-state index in [0.29, 0.717) is 0 Å². The second kappa shape index (κ2) is 2.63. The minimum absolute atomic E-state index is 0.286. The van der Waals surface area contributed by atoms with Gasteiger partial charge in [0.2, 0.25) is 0 Å². The zero-order valence-electron chi connectivity index (χ0n) is 8.53. The van der Waals surface area contributed by atoms with E-state index in [-0.39, 0.29) is 5.54 Å². The summed E-state index contributed by atoms with van der Waals surface area (Å²) in [5.41, 5.74) is 3.07. The monoisotopic (exact) mass is 185 g/mol. The maximum absolute atomic E-state index is 2.54. The van der Waals surface area contributed by atoms with Crippen LogP contribution in [0.4, 0.5) is 5.69 Å². The van der Waals surface area contributed by atoms with E-state index >= 15 is 0 Å². The predicted octanol–water partition coefficient (Wildman–Crippen LogP) is 3.07. The number of hydrogen-bond acceptors (Lipinski definition) is 1. The van der Waals surface area contributed by atoms with Gasteiger partial charge in [-0.3, -0.25) is 0 Å². The Morgan fingerprint density at radius 1 is 1.29 bits per heavy atom. The zero-order valence-corrected chi connectivity index (χ0v) is 8.53. The Morgan fingerprint density at radius 2 is 2.14 bits per heavy atom. The largest absolute Gasteiger partial charge is 0.362 e. The van der Waals surface area contributed by atoms with Crippen LogP contribution < -0.4 is 4.90 Å². The molecule has 2 aliphatic heterocycles. The minimum Gasteiger partial charge on any atom is -0.362 e. The summed E-state index contributed by atoms with van der Waals surface area (Å²) in [6.45, 7) is 3.55. The molecule has 1 atom stereocenters. The van der Waals surface area contributed by atoms with Crippen LogP contribution in [0.2, 0.25) is 0 Å². The summed E-state index contributed by atoms with van der Waals surface area (Å²) in [4.78, 5) is 2.54. The maximum Gasteiger partial charge on any atom is 0.0560 e. The molecule has 1 nitrogen and oxygen atoms in total. The van der Waals surface area contributed by atoms with Gasteiger partial charge in [-0.1, -0.05) is 30.4 Å². The molecule has 1 fully saturated rings. The van der Waals surface area contributed by atoms with Crippen LogP contribution in [0.1, 0.15) is 25.3 Å². The van der Waals surface area contributed by atoms with Crippen LogP contribution in [0.15, 0.2) is 30.3 Å². The molecule has 3 rings (SSSR count). The zero-order chi connectivity index (χ0) is 9.60. The Kier molecular flexibility index (Phi) is 1.52. The number of para-hydroxylation sites is 1. The van der Waals surface area contributed by atoms with Gasteiger partial charge in [0.05, 0.1) is 5.54 Å². The van der Waals surface area contributed by atoms with Crippen LogP contribution in [-0.4, -0.2) is 12.1 Å². The number of anilines is 1. The third-order valence-corrected chi connectivity index (χ3v) is 3.53. The second-order valence-electron chi connectivity index (χ2n) is 4.50. The number of hydrogen-bond donors (Lipinski definition) is 0. The van der Waals surface area contributed by atoms with E-state index in [2.05, 4.69) is 48.2 Å². The number of benzene rings is 1. The molecule has 72 valence electrons. The highest BCUT2D eigenvalue weighted by molar-refractivity contribution is 5.74. The molecule has 1 unspecified atom stereocenters. The molecule has 1 heteroatoms. The van der Waals surface area contributed by atoms with Crippen molar-refractivity contribution in [2.75, 3.05) is 11.4 Å². The van der Waals surface area contributed by atoms with Gasteiger partial charge >= 0.3 is 0 Å². The highest BCUT2D eigenvalue weighted by atomic mass is 15.2. The number of rotatable bonds is 0. The van der Waals surface area contributed by atoms with E-state index in [4.69, 9.17) is 0 Å². The summed E-state index contributed by atoms with van der Waals surface area (Å²) in [5.74, 6) is 0. The minimum atomic E-state index is 0.286. The molecule has 0 N–H and O–H groups in total. The SMILES string of the molecule is CC12C=Cc3ccccc3N1CCC2. The second-order valence-corrected chi connectivity index (χ2v) is 4.50. The molecule has 1 aromatic rings. The highest BCUT2D eigenvalue weighted by Crippen LogP contribution is 2.40. The molecular weight excluding hydrogens is 170 g/mol. The summed E-state index contributed by atoms with van der Waals surface area (Å²) < 4.78 is 0. The van der Waals surface area contributed by atoms with Gasteiger partial charge in [-0.15, -0.1) is 0 Å². The van der Waals surface area contributed by atoms with Crippen molar-refractivity contribution in [1.82, 2.24) is 0 Å². The fraction of sp³-hybridized carbons (Fsp3) is 0.385. The Balaban J connectivity index is 2.17. The van der Waals surface area contributed by atoms with Gasteiger partial charge in [-0.25, -0.2) is 0 Å². The molecule has 0 aromatic heterocycles. The fourth-order valence-electron chi connectivity index (χ4n) is 2.70. The Labute approximate surface area is 85.0 Å². The molecular formula is C13H15N. The van der Waals surface area contributed by atoms with Gasteiger partial charge < -0.3 is 4.90 Å². The Morgan fingerprint density at radius 3 is 3.07 bits per heavy atom. The smallest absolute Gasteiger partial charge is 0.0560 e. The molecule has 0 aliphatic carbocycles. The molecule has 1 aromatic carbocycles. The van der Waals surface area contributed by atoms with Crippen molar-refractivity contribution >= 4 is 11.8 Å². The first-order valence-corrected chi connectivity index (χ1v) is 5.36. The van der Waals surface area contributed by atoms with Crippen LogP contribution in [0.25, 0.3) is 6.08 Å². The van der Waals surface area contributed by atoms with Crippen molar-refractivity contribution in [3.8, 4) is 0 Å². The van der Waals surface area contributed by atoms with Gasteiger partial charge in [-0.2, -0.15) is 0 Å². The van der Waals surface area contributed by atoms with Crippen molar-refractivity contribution in [2.24, 2.45) is 0 Å². The molecule has 0 spiro atoms. The predicted molar refractivity (Wildman–Crippen MR) is 60.5 cm³/mol. The van der Waals surface area contributed by atoms with Crippen LogP contribution in [-0.2, 0) is 0 Å². The average molecular weight is 185 g/mol. The first-order chi connectivity index (χ1) is 6.80. The maximum atomic E-state index is 2.54. The van der Waals surface area contributed by atoms with E-state index in [1.807, 2.05) is 0 Å². The lowest BCUT2D eigenvalue weighted by Crippen LogP contribution is -2.41. The van der Waals surface area contributed by atoms with Gasteiger partial charge in [0, 0.05) is 12.2 Å².